The highest BCUT2D eigenvalue weighted by molar-refractivity contribution is 6.12. The van der Waals surface area contributed by atoms with Crippen LogP contribution in [0.5, 0.6) is 0 Å². The van der Waals surface area contributed by atoms with Crippen molar-refractivity contribution < 1.29 is 32.6 Å². The molecule has 0 unspecified atom stereocenters. The highest BCUT2D eigenvalue weighted by atomic mass is 19.1. The number of carbonyl (C=O) groups excluding carboxylic acids is 3. The molecule has 5 amide bonds. The van der Waals surface area contributed by atoms with Gasteiger partial charge in [0, 0.05) is 18.8 Å². The maximum Gasteiger partial charge on any atom is 0.321 e. The van der Waals surface area contributed by atoms with Gasteiger partial charge in [-0.05, 0) is 44.2 Å². The Morgan fingerprint density at radius 1 is 0.800 bits per heavy atom. The Kier molecular flexibility index (Phi) is 8.92. The van der Waals surface area contributed by atoms with Gasteiger partial charge >= 0.3 is 12.1 Å². The zero-order valence-corrected chi connectivity index (χ0v) is 21.9. The van der Waals surface area contributed by atoms with Gasteiger partial charge in [0.25, 0.3) is 5.91 Å². The van der Waals surface area contributed by atoms with E-state index in [4.69, 9.17) is 9.47 Å². The normalized spacial score (nSPS) is 13.6. The van der Waals surface area contributed by atoms with E-state index in [0.29, 0.717) is 18.9 Å². The Morgan fingerprint density at radius 3 is 1.77 bits per heavy atom. The molecule has 210 valence electrons. The Hall–Kier alpha value is -4.55. The smallest absolute Gasteiger partial charge is 0.321 e. The Balaban J connectivity index is 1.71. The summed E-state index contributed by atoms with van der Waals surface area (Å²) in [6.07, 6.45) is -0.803. The molecular formula is C28H29F2N5O5. The van der Waals surface area contributed by atoms with Crippen molar-refractivity contribution in [2.75, 3.05) is 35.3 Å². The fourth-order valence-electron chi connectivity index (χ4n) is 4.35. The Bertz CT molecular complexity index is 1320. The summed E-state index contributed by atoms with van der Waals surface area (Å²) in [6.45, 7) is 4.11. The molecule has 0 fully saturated rings. The van der Waals surface area contributed by atoms with Crippen molar-refractivity contribution in [3.05, 3.63) is 90.0 Å². The van der Waals surface area contributed by atoms with Crippen molar-refractivity contribution in [3.8, 4) is 0 Å². The van der Waals surface area contributed by atoms with Crippen LogP contribution in [0.1, 0.15) is 19.4 Å². The number of halogens is 2. The van der Waals surface area contributed by atoms with Crippen LogP contribution in [-0.4, -0.2) is 44.0 Å². The van der Waals surface area contributed by atoms with Crippen LogP contribution in [0.3, 0.4) is 0 Å². The predicted molar refractivity (Wildman–Crippen MR) is 145 cm³/mol. The van der Waals surface area contributed by atoms with Gasteiger partial charge in [-0.1, -0.05) is 42.5 Å². The first-order valence-electron chi connectivity index (χ1n) is 12.6. The molecule has 0 spiro atoms. The fraction of sp³-hybridized carbons (Fsp3) is 0.250. The summed E-state index contributed by atoms with van der Waals surface area (Å²) in [5.41, 5.74) is -1.86. The average molecular weight is 554 g/mol. The number of fused-ring (bicyclic) bond motifs is 1. The third-order valence-corrected chi connectivity index (χ3v) is 6.05. The molecular weight excluding hydrogens is 524 g/mol. The zero-order valence-electron chi connectivity index (χ0n) is 21.9. The van der Waals surface area contributed by atoms with Gasteiger partial charge in [-0.3, -0.25) is 4.79 Å². The Morgan fingerprint density at radius 2 is 1.27 bits per heavy atom. The van der Waals surface area contributed by atoms with Crippen LogP contribution in [-0.2, 0) is 19.9 Å². The fourth-order valence-corrected chi connectivity index (χ4v) is 4.35. The van der Waals surface area contributed by atoms with E-state index in [2.05, 4.69) is 21.3 Å². The van der Waals surface area contributed by atoms with Crippen LogP contribution < -0.4 is 26.2 Å². The summed E-state index contributed by atoms with van der Waals surface area (Å²) in [5, 5.41) is 9.76. The predicted octanol–water partition coefficient (Wildman–Crippen LogP) is 4.51. The molecule has 4 rings (SSSR count). The van der Waals surface area contributed by atoms with E-state index in [0.717, 1.165) is 12.1 Å². The first kappa shape index (κ1) is 28.5. The number of carbonyl (C=O) groups is 3. The molecule has 0 bridgehead atoms. The molecule has 0 atom stereocenters. The molecule has 12 heteroatoms. The highest BCUT2D eigenvalue weighted by Crippen LogP contribution is 2.39. The van der Waals surface area contributed by atoms with Crippen molar-refractivity contribution in [1.82, 2.24) is 10.6 Å². The van der Waals surface area contributed by atoms with Crippen LogP contribution in [0, 0.1) is 11.6 Å². The lowest BCUT2D eigenvalue weighted by Crippen LogP contribution is -2.65. The van der Waals surface area contributed by atoms with Gasteiger partial charge in [0.2, 0.25) is 5.66 Å². The number of para-hydroxylation sites is 3. The topological polar surface area (TPSA) is 121 Å². The second-order valence-corrected chi connectivity index (χ2v) is 8.64. The van der Waals surface area contributed by atoms with E-state index in [1.807, 2.05) is 0 Å². The van der Waals surface area contributed by atoms with Crippen LogP contribution in [0.2, 0.25) is 0 Å². The van der Waals surface area contributed by atoms with E-state index < -0.39 is 41.6 Å². The lowest BCUT2D eigenvalue weighted by molar-refractivity contribution is -0.137. The number of hydrogen-bond acceptors (Lipinski definition) is 5. The van der Waals surface area contributed by atoms with Crippen LogP contribution in [0.15, 0.2) is 72.8 Å². The van der Waals surface area contributed by atoms with Gasteiger partial charge in [0.05, 0.1) is 23.6 Å². The summed E-state index contributed by atoms with van der Waals surface area (Å²) in [7, 11) is 0. The number of ether oxygens (including phenoxy) is 2. The van der Waals surface area contributed by atoms with Crippen molar-refractivity contribution in [1.29, 1.82) is 0 Å². The average Bonchev–Trinajstić information content (AvgIpc) is 3.14. The van der Waals surface area contributed by atoms with E-state index in [1.165, 1.54) is 41.3 Å². The van der Waals surface area contributed by atoms with E-state index in [9.17, 15) is 23.2 Å². The third-order valence-electron chi connectivity index (χ3n) is 6.05. The van der Waals surface area contributed by atoms with Gasteiger partial charge in [-0.25, -0.2) is 18.4 Å². The number of anilines is 3. The molecule has 0 aromatic heterocycles. The second kappa shape index (κ2) is 12.5. The molecule has 1 heterocycles. The van der Waals surface area contributed by atoms with Gasteiger partial charge in [-0.2, -0.15) is 0 Å². The Labute approximate surface area is 229 Å². The van der Waals surface area contributed by atoms with E-state index in [1.54, 1.807) is 38.1 Å². The SMILES string of the molecule is CCOC(CN1C(=O)C(NC(=O)Nc2ccccc2F)(NC(=O)Nc2ccccc2F)c2ccccc21)OCC. The zero-order chi connectivity index (χ0) is 28.7. The molecule has 40 heavy (non-hydrogen) atoms. The van der Waals surface area contributed by atoms with Gasteiger partial charge in [0.15, 0.2) is 6.29 Å². The first-order valence-corrected chi connectivity index (χ1v) is 12.6. The number of nitrogens with one attached hydrogen (secondary N) is 4. The minimum absolute atomic E-state index is 0.0630. The number of benzene rings is 3. The standard InChI is InChI=1S/C28H29F2N5O5/c1-3-39-24(40-4-2)17-35-23-16-10-5-11-18(23)28(25(35)36,33-26(37)31-21-14-8-6-12-19(21)29)34-27(38)32-22-15-9-7-13-20(22)30/h5-16,24H,3-4,17H2,1-2H3,(H2,31,33,37)(H2,32,34,38). The molecule has 10 nitrogen and oxygen atoms in total. The third kappa shape index (κ3) is 6.03. The molecule has 0 saturated carbocycles. The van der Waals surface area contributed by atoms with Crippen molar-refractivity contribution in [2.45, 2.75) is 25.8 Å². The molecule has 3 aromatic rings. The van der Waals surface area contributed by atoms with Crippen LogP contribution in [0.4, 0.5) is 35.4 Å². The molecule has 4 N–H and O–H groups in total. The minimum atomic E-state index is -2.16. The molecule has 0 aliphatic carbocycles. The summed E-state index contributed by atoms with van der Waals surface area (Å²) >= 11 is 0. The molecule has 1 aliphatic heterocycles. The van der Waals surface area contributed by atoms with Gasteiger partial charge < -0.3 is 35.6 Å². The highest BCUT2D eigenvalue weighted by Gasteiger charge is 2.54. The number of amides is 5. The lowest BCUT2D eigenvalue weighted by Gasteiger charge is -2.31. The number of rotatable bonds is 10. The van der Waals surface area contributed by atoms with Gasteiger partial charge in [0.1, 0.15) is 11.6 Å². The first-order chi connectivity index (χ1) is 19.3. The molecule has 0 radical (unpaired) electrons. The van der Waals surface area contributed by atoms with E-state index in [-0.39, 0.29) is 23.5 Å². The lowest BCUT2D eigenvalue weighted by atomic mass is 10.0. The number of hydrogen-bond donors (Lipinski definition) is 4. The van der Waals surface area contributed by atoms with Crippen LogP contribution in [0.25, 0.3) is 0 Å². The minimum Gasteiger partial charge on any atom is -0.351 e. The van der Waals surface area contributed by atoms with Gasteiger partial charge in [-0.15, -0.1) is 0 Å². The van der Waals surface area contributed by atoms with Crippen molar-refractivity contribution in [3.63, 3.8) is 0 Å². The van der Waals surface area contributed by atoms with E-state index >= 15 is 0 Å². The quantitative estimate of drug-likeness (QED) is 0.276. The van der Waals surface area contributed by atoms with Crippen molar-refractivity contribution in [2.24, 2.45) is 0 Å². The maximum absolute atomic E-state index is 14.3. The number of urea groups is 2. The second-order valence-electron chi connectivity index (χ2n) is 8.64. The monoisotopic (exact) mass is 553 g/mol. The maximum atomic E-state index is 14.3. The summed E-state index contributed by atoms with van der Waals surface area (Å²) in [5.74, 6) is -2.15. The summed E-state index contributed by atoms with van der Waals surface area (Å²) < 4.78 is 39.8. The number of nitrogens with zero attached hydrogens (tertiary/aromatic N) is 1. The molecule has 0 saturated heterocycles. The molecule has 1 aliphatic rings. The largest absolute Gasteiger partial charge is 0.351 e. The molecule has 3 aromatic carbocycles. The summed E-state index contributed by atoms with van der Waals surface area (Å²) in [4.78, 5) is 41.8. The van der Waals surface area contributed by atoms with Crippen molar-refractivity contribution >= 4 is 35.0 Å². The van der Waals surface area contributed by atoms with Crippen LogP contribution >= 0.6 is 0 Å². The summed E-state index contributed by atoms with van der Waals surface area (Å²) in [6, 6.07) is 15.5.